The van der Waals surface area contributed by atoms with Gasteiger partial charge in [-0.1, -0.05) is 115 Å². The highest BCUT2D eigenvalue weighted by Crippen LogP contribution is 2.53. The summed E-state index contributed by atoms with van der Waals surface area (Å²) in [4.78, 5) is 3.86. The molecule has 53 heavy (non-hydrogen) atoms. The minimum absolute atomic E-state index is 0.0113. The van der Waals surface area contributed by atoms with Gasteiger partial charge in [0, 0.05) is 43.3 Å². The fourth-order valence-corrected chi connectivity index (χ4v) is 10.8. The molecule has 1 fully saturated rings. The third-order valence-electron chi connectivity index (χ3n) is 11.8. The van der Waals surface area contributed by atoms with Crippen molar-refractivity contribution in [1.82, 2.24) is 15.5 Å². The van der Waals surface area contributed by atoms with Gasteiger partial charge in [0.1, 0.15) is 22.5 Å². The van der Waals surface area contributed by atoms with E-state index in [4.69, 9.17) is 8.83 Å². The van der Waals surface area contributed by atoms with Crippen molar-refractivity contribution in [3.63, 3.8) is 0 Å². The second kappa shape index (κ2) is 12.5. The van der Waals surface area contributed by atoms with Gasteiger partial charge >= 0.3 is 0 Å². The molecule has 4 aliphatic rings. The van der Waals surface area contributed by atoms with Gasteiger partial charge in [0.15, 0.2) is 0 Å². The van der Waals surface area contributed by atoms with E-state index in [1.807, 2.05) is 12.1 Å². The van der Waals surface area contributed by atoms with Crippen LogP contribution in [0.1, 0.15) is 47.4 Å². The molecule has 0 bridgehead atoms. The van der Waals surface area contributed by atoms with Crippen LogP contribution in [0, 0.1) is 0 Å². The van der Waals surface area contributed by atoms with Gasteiger partial charge in [-0.15, -0.1) is 11.8 Å². The van der Waals surface area contributed by atoms with Crippen LogP contribution in [0.5, 0.6) is 0 Å². The first-order chi connectivity index (χ1) is 26.2. The highest BCUT2D eigenvalue weighted by molar-refractivity contribution is 8.00. The van der Waals surface area contributed by atoms with Crippen molar-refractivity contribution in [2.45, 2.75) is 53.8 Å². The molecule has 2 aliphatic carbocycles. The maximum absolute atomic E-state index is 6.79. The van der Waals surface area contributed by atoms with E-state index in [1.54, 1.807) is 0 Å². The molecule has 5 atom stereocenters. The average molecular weight is 710 g/mol. The van der Waals surface area contributed by atoms with Crippen molar-refractivity contribution in [3.8, 4) is 11.1 Å². The standard InChI is InChI=1S/C47H39N3O2S/c1-50-46(28-12-3-2-4-13-28)48-45(37-20-11-23-42-43(37)36-16-6-8-22-41(36)53-42)49-47(50)30-14-9-18-32-34-25-24-29(26-39(34)51-40(32)27-30)31-17-10-19-35-33-15-5-7-21-38(33)52-44(31)35/h2-10,12-17,19-22,24-27,42-43,45-49H,11,18,23H2,1H3. The number of furan rings is 2. The topological polar surface area (TPSA) is 53.6 Å². The van der Waals surface area contributed by atoms with Gasteiger partial charge in [0.2, 0.25) is 0 Å². The summed E-state index contributed by atoms with van der Waals surface area (Å²) >= 11 is 2.07. The van der Waals surface area contributed by atoms with E-state index in [9.17, 15) is 0 Å². The Balaban J connectivity index is 0.978. The number of fused-ring (bicyclic) bond motifs is 9. The van der Waals surface area contributed by atoms with Gasteiger partial charge in [-0.25, -0.2) is 0 Å². The Labute approximate surface area is 313 Å². The number of hydrogen-bond donors (Lipinski definition) is 2. The summed E-state index contributed by atoms with van der Waals surface area (Å²) in [6.45, 7) is 0. The molecule has 0 radical (unpaired) electrons. The molecule has 5 nitrogen and oxygen atoms in total. The van der Waals surface area contributed by atoms with Crippen LogP contribution in [0.4, 0.5) is 0 Å². The lowest BCUT2D eigenvalue weighted by molar-refractivity contribution is 0.0723. The highest BCUT2D eigenvalue weighted by atomic mass is 32.2. The molecule has 5 aromatic carbocycles. The third kappa shape index (κ3) is 5.12. The minimum Gasteiger partial charge on any atom is -0.456 e. The number of likely N-dealkylation sites (N-methyl/N-ethyl adjacent to an activating group) is 1. The Morgan fingerprint density at radius 3 is 2.53 bits per heavy atom. The number of hydrogen-bond acceptors (Lipinski definition) is 6. The van der Waals surface area contributed by atoms with Crippen molar-refractivity contribution in [3.05, 3.63) is 167 Å². The first kappa shape index (κ1) is 31.4. The molecule has 7 aromatic rings. The Morgan fingerprint density at radius 1 is 0.755 bits per heavy atom. The molecule has 2 aromatic heterocycles. The predicted molar refractivity (Wildman–Crippen MR) is 217 cm³/mol. The summed E-state index contributed by atoms with van der Waals surface area (Å²) in [5.74, 6) is 1.33. The van der Waals surface area contributed by atoms with Gasteiger partial charge in [-0.2, -0.15) is 0 Å². The number of rotatable bonds is 4. The van der Waals surface area contributed by atoms with E-state index < -0.39 is 0 Å². The van der Waals surface area contributed by atoms with Crippen molar-refractivity contribution in [2.75, 3.05) is 7.05 Å². The Morgan fingerprint density at radius 2 is 1.58 bits per heavy atom. The molecular weight excluding hydrogens is 671 g/mol. The van der Waals surface area contributed by atoms with E-state index in [1.165, 1.54) is 39.2 Å². The highest BCUT2D eigenvalue weighted by Gasteiger charge is 2.43. The molecular formula is C47H39N3O2S. The lowest BCUT2D eigenvalue weighted by Crippen LogP contribution is -2.65. The zero-order valence-electron chi connectivity index (χ0n) is 29.5. The molecule has 0 spiro atoms. The predicted octanol–water partition coefficient (Wildman–Crippen LogP) is 10.9. The third-order valence-corrected chi connectivity index (χ3v) is 13.2. The molecule has 0 saturated carbocycles. The zero-order chi connectivity index (χ0) is 35.0. The summed E-state index contributed by atoms with van der Waals surface area (Å²) in [6, 6.07) is 41.2. The number of allylic oxidation sites excluding steroid dienone is 2. The van der Waals surface area contributed by atoms with Crippen LogP contribution in [-0.2, 0) is 6.42 Å². The van der Waals surface area contributed by atoms with E-state index in [0.717, 1.165) is 62.6 Å². The number of para-hydroxylation sites is 2. The Hall–Kier alpha value is -5.11. The van der Waals surface area contributed by atoms with E-state index >= 15 is 0 Å². The fraction of sp³-hybridized carbons (Fsp3) is 0.191. The van der Waals surface area contributed by atoms with E-state index in [0.29, 0.717) is 11.2 Å². The second-order valence-corrected chi connectivity index (χ2v) is 16.1. The van der Waals surface area contributed by atoms with Crippen molar-refractivity contribution in [2.24, 2.45) is 0 Å². The minimum atomic E-state index is -0.0475. The smallest absolute Gasteiger partial charge is 0.143 e. The maximum atomic E-state index is 6.79. The van der Waals surface area contributed by atoms with Crippen molar-refractivity contribution >= 4 is 50.7 Å². The van der Waals surface area contributed by atoms with Gasteiger partial charge in [-0.3, -0.25) is 15.5 Å². The maximum Gasteiger partial charge on any atom is 0.143 e. The lowest BCUT2D eigenvalue weighted by atomic mass is 9.80. The molecule has 4 heterocycles. The molecule has 2 aliphatic heterocycles. The van der Waals surface area contributed by atoms with Crippen LogP contribution in [0.3, 0.4) is 0 Å². The largest absolute Gasteiger partial charge is 0.456 e. The van der Waals surface area contributed by atoms with Gasteiger partial charge in [0.25, 0.3) is 0 Å². The van der Waals surface area contributed by atoms with Crippen LogP contribution in [0.15, 0.2) is 158 Å². The molecule has 0 amide bonds. The van der Waals surface area contributed by atoms with Crippen LogP contribution < -0.4 is 10.6 Å². The second-order valence-electron chi connectivity index (χ2n) is 14.8. The number of nitrogens with one attached hydrogen (secondary N) is 2. The molecule has 6 heteroatoms. The molecule has 2 N–H and O–H groups in total. The SMILES string of the molecule is CN1C(C2=Cc3oc4cc(-c5cccc6c5oc5ccccc56)ccc4c3CC=C2)NC(C2=CCCC3Sc4ccccc4C23)NC1c1ccccc1. The number of benzene rings is 5. The van der Waals surface area contributed by atoms with Gasteiger partial charge in [0.05, 0.1) is 18.5 Å². The summed E-state index contributed by atoms with van der Waals surface area (Å²) in [6.07, 6.45) is 12.5. The number of nitrogens with zero attached hydrogens (tertiary/aromatic N) is 1. The van der Waals surface area contributed by atoms with Gasteiger partial charge < -0.3 is 8.83 Å². The molecule has 11 rings (SSSR count). The zero-order valence-corrected chi connectivity index (χ0v) is 30.3. The van der Waals surface area contributed by atoms with Crippen LogP contribution in [0.2, 0.25) is 0 Å². The Kier molecular flexibility index (Phi) is 7.41. The average Bonchev–Trinajstić information content (AvgIpc) is 3.84. The molecule has 260 valence electrons. The summed E-state index contributed by atoms with van der Waals surface area (Å²) in [5.41, 5.74) is 11.5. The normalized spacial score (nSPS) is 24.1. The molecule has 1 saturated heterocycles. The van der Waals surface area contributed by atoms with Crippen LogP contribution in [-0.4, -0.2) is 29.5 Å². The quantitative estimate of drug-likeness (QED) is 0.178. The first-order valence-corrected chi connectivity index (χ1v) is 19.6. The van der Waals surface area contributed by atoms with Gasteiger partial charge in [-0.05, 0) is 78.4 Å². The summed E-state index contributed by atoms with van der Waals surface area (Å²) < 4.78 is 13.2. The summed E-state index contributed by atoms with van der Waals surface area (Å²) in [7, 11) is 2.22. The Bertz CT molecular complexity index is 2650. The summed E-state index contributed by atoms with van der Waals surface area (Å²) in [5, 5.41) is 12.2. The van der Waals surface area contributed by atoms with E-state index in [-0.39, 0.29) is 18.5 Å². The fourth-order valence-electron chi connectivity index (χ4n) is 9.29. The van der Waals surface area contributed by atoms with Crippen LogP contribution >= 0.6 is 11.8 Å². The van der Waals surface area contributed by atoms with Crippen LogP contribution in [0.25, 0.3) is 50.1 Å². The monoisotopic (exact) mass is 709 g/mol. The van der Waals surface area contributed by atoms with Crippen molar-refractivity contribution < 1.29 is 8.83 Å². The molecule has 5 unspecified atom stereocenters. The van der Waals surface area contributed by atoms with E-state index in [2.05, 4.69) is 162 Å². The van der Waals surface area contributed by atoms with Crippen molar-refractivity contribution in [1.29, 1.82) is 0 Å². The lowest BCUT2D eigenvalue weighted by Gasteiger charge is -2.48. The number of thioether (sulfide) groups is 1. The first-order valence-electron chi connectivity index (χ1n) is 18.8.